The molecule has 1 heterocycles. The first-order valence-electron chi connectivity index (χ1n) is 9.84. The molecule has 1 aliphatic heterocycles. The minimum atomic E-state index is -1.31. The molecule has 0 amide bonds. The Morgan fingerprint density at radius 3 is 2.59 bits per heavy atom. The maximum absolute atomic E-state index is 12.9. The van der Waals surface area contributed by atoms with Gasteiger partial charge in [0.05, 0.1) is 11.6 Å². The number of halogens is 1. The van der Waals surface area contributed by atoms with E-state index in [2.05, 4.69) is 0 Å². The standard InChI is InChI=1S/C22H19BFNO7/c24-17-8-6-14(7-9-17)21(27)30-13-31-22(28)19-5-1-3-15-11-16(23(29)32-20(15)19)12-18(26)4-2-10-25/h1,3,5-9,16,29H,2,4,11-13H2/t16-/m1/s1. The van der Waals surface area contributed by atoms with Gasteiger partial charge in [0.15, 0.2) is 0 Å². The van der Waals surface area contributed by atoms with E-state index in [4.69, 9.17) is 19.4 Å². The summed E-state index contributed by atoms with van der Waals surface area (Å²) in [5.41, 5.74) is 0.751. The van der Waals surface area contributed by atoms with Gasteiger partial charge in [-0.25, -0.2) is 14.0 Å². The number of ether oxygens (including phenoxy) is 2. The predicted molar refractivity (Wildman–Crippen MR) is 109 cm³/mol. The third kappa shape index (κ3) is 5.71. The molecule has 1 aliphatic rings. The Kier molecular flexibility index (Phi) is 7.57. The molecule has 0 aromatic heterocycles. The molecule has 0 aliphatic carbocycles. The van der Waals surface area contributed by atoms with Gasteiger partial charge < -0.3 is 19.2 Å². The molecule has 0 saturated carbocycles. The highest BCUT2D eigenvalue weighted by atomic mass is 19.1. The van der Waals surface area contributed by atoms with Crippen LogP contribution in [-0.2, 0) is 20.7 Å². The highest BCUT2D eigenvalue weighted by Crippen LogP contribution is 2.36. The quantitative estimate of drug-likeness (QED) is 0.379. The average Bonchev–Trinajstić information content (AvgIpc) is 2.78. The smallest absolute Gasteiger partial charge is 0.526 e. The summed E-state index contributed by atoms with van der Waals surface area (Å²) in [4.78, 5) is 36.3. The van der Waals surface area contributed by atoms with E-state index in [0.717, 1.165) is 12.1 Å². The summed E-state index contributed by atoms with van der Waals surface area (Å²) < 4.78 is 28.3. The molecule has 0 unspecified atom stereocenters. The number of Topliss-reactive ketones (excluding diaryl/α,β-unsaturated/α-hetero) is 1. The van der Waals surface area contributed by atoms with Crippen molar-refractivity contribution in [2.24, 2.45) is 0 Å². The third-order valence-corrected chi connectivity index (χ3v) is 4.91. The van der Waals surface area contributed by atoms with Crippen molar-refractivity contribution in [1.29, 1.82) is 5.26 Å². The van der Waals surface area contributed by atoms with Gasteiger partial charge in [-0.1, -0.05) is 12.1 Å². The van der Waals surface area contributed by atoms with Crippen molar-refractivity contribution in [3.05, 3.63) is 65.0 Å². The second kappa shape index (κ2) is 10.5. The number of esters is 2. The number of hydrogen-bond acceptors (Lipinski definition) is 8. The van der Waals surface area contributed by atoms with E-state index >= 15 is 0 Å². The van der Waals surface area contributed by atoms with Crippen LogP contribution in [0.1, 0.15) is 45.5 Å². The van der Waals surface area contributed by atoms with Crippen LogP contribution in [0.2, 0.25) is 5.82 Å². The molecule has 2 aromatic rings. The van der Waals surface area contributed by atoms with E-state index in [0.29, 0.717) is 12.0 Å². The first-order valence-corrected chi connectivity index (χ1v) is 9.84. The molecule has 8 nitrogen and oxygen atoms in total. The van der Waals surface area contributed by atoms with Crippen LogP contribution < -0.4 is 4.65 Å². The van der Waals surface area contributed by atoms with E-state index in [1.807, 2.05) is 6.07 Å². The van der Waals surface area contributed by atoms with Gasteiger partial charge in [0.2, 0.25) is 6.79 Å². The molecule has 0 fully saturated rings. The lowest BCUT2D eigenvalue weighted by Gasteiger charge is -2.28. The number of nitrogens with zero attached hydrogens (tertiary/aromatic N) is 1. The molecule has 1 atom stereocenters. The molecule has 0 bridgehead atoms. The maximum atomic E-state index is 12.9. The van der Waals surface area contributed by atoms with Crippen LogP contribution in [0.15, 0.2) is 42.5 Å². The van der Waals surface area contributed by atoms with E-state index in [1.54, 1.807) is 12.1 Å². The van der Waals surface area contributed by atoms with Gasteiger partial charge in [-0.05, 0) is 42.3 Å². The fraction of sp³-hybridized carbons (Fsp3) is 0.273. The van der Waals surface area contributed by atoms with Crippen LogP contribution in [0.4, 0.5) is 4.39 Å². The van der Waals surface area contributed by atoms with Crippen LogP contribution in [0.5, 0.6) is 5.75 Å². The van der Waals surface area contributed by atoms with Crippen LogP contribution >= 0.6 is 0 Å². The lowest BCUT2D eigenvalue weighted by Crippen LogP contribution is -2.36. The van der Waals surface area contributed by atoms with Crippen molar-refractivity contribution in [1.82, 2.24) is 0 Å². The van der Waals surface area contributed by atoms with Gasteiger partial charge in [0.25, 0.3) is 0 Å². The Labute approximate surface area is 183 Å². The van der Waals surface area contributed by atoms with Gasteiger partial charge in [0, 0.05) is 25.1 Å². The predicted octanol–water partition coefficient (Wildman–Crippen LogP) is 2.85. The Balaban J connectivity index is 1.60. The van der Waals surface area contributed by atoms with Crippen molar-refractivity contribution in [2.75, 3.05) is 6.79 Å². The molecular formula is C22H19BFNO7. The van der Waals surface area contributed by atoms with Gasteiger partial charge in [-0.2, -0.15) is 5.26 Å². The molecule has 0 spiro atoms. The zero-order valence-electron chi connectivity index (χ0n) is 17.0. The van der Waals surface area contributed by atoms with Crippen LogP contribution in [0, 0.1) is 17.1 Å². The van der Waals surface area contributed by atoms with E-state index in [9.17, 15) is 23.8 Å². The topological polar surface area (TPSA) is 123 Å². The van der Waals surface area contributed by atoms with E-state index in [-0.39, 0.29) is 41.9 Å². The Morgan fingerprint density at radius 2 is 1.88 bits per heavy atom. The molecule has 164 valence electrons. The zero-order chi connectivity index (χ0) is 23.1. The van der Waals surface area contributed by atoms with Crippen molar-refractivity contribution in [3.63, 3.8) is 0 Å². The summed E-state index contributed by atoms with van der Waals surface area (Å²) in [6.45, 7) is -0.669. The number of para-hydroxylation sites is 1. The Hall–Kier alpha value is -3.71. The largest absolute Gasteiger partial charge is 0.535 e. The highest BCUT2D eigenvalue weighted by Gasteiger charge is 2.37. The number of rotatable bonds is 8. The number of ketones is 1. The molecule has 10 heteroatoms. The molecule has 0 radical (unpaired) electrons. The molecule has 32 heavy (non-hydrogen) atoms. The molecular weight excluding hydrogens is 420 g/mol. The maximum Gasteiger partial charge on any atom is 0.526 e. The molecule has 3 rings (SSSR count). The monoisotopic (exact) mass is 439 g/mol. The molecule has 1 N–H and O–H groups in total. The van der Waals surface area contributed by atoms with Crippen molar-refractivity contribution in [3.8, 4) is 11.8 Å². The fourth-order valence-electron chi connectivity index (χ4n) is 3.29. The lowest BCUT2D eigenvalue weighted by atomic mass is 9.64. The zero-order valence-corrected chi connectivity index (χ0v) is 17.0. The minimum Gasteiger partial charge on any atom is -0.535 e. The van der Waals surface area contributed by atoms with E-state index in [1.165, 1.54) is 18.2 Å². The second-order valence-electron chi connectivity index (χ2n) is 7.16. The number of nitriles is 1. The van der Waals surface area contributed by atoms with Crippen molar-refractivity contribution >= 4 is 24.8 Å². The van der Waals surface area contributed by atoms with Crippen LogP contribution in [-0.4, -0.2) is 36.7 Å². The third-order valence-electron chi connectivity index (χ3n) is 4.91. The second-order valence-corrected chi connectivity index (χ2v) is 7.16. The average molecular weight is 439 g/mol. The van der Waals surface area contributed by atoms with Crippen molar-refractivity contribution in [2.45, 2.75) is 31.5 Å². The summed E-state index contributed by atoms with van der Waals surface area (Å²) in [5.74, 6) is -2.64. The summed E-state index contributed by atoms with van der Waals surface area (Å²) in [6, 6.07) is 11.3. The first kappa shape index (κ1) is 23.0. The summed E-state index contributed by atoms with van der Waals surface area (Å²) in [7, 11) is -1.31. The summed E-state index contributed by atoms with van der Waals surface area (Å²) in [5, 5.41) is 18.9. The highest BCUT2D eigenvalue weighted by molar-refractivity contribution is 6.47. The Bertz CT molecular complexity index is 1050. The van der Waals surface area contributed by atoms with Gasteiger partial charge >= 0.3 is 19.1 Å². The van der Waals surface area contributed by atoms with Crippen LogP contribution in [0.3, 0.4) is 0 Å². The van der Waals surface area contributed by atoms with Crippen molar-refractivity contribution < 1.29 is 37.9 Å². The summed E-state index contributed by atoms with van der Waals surface area (Å²) in [6.07, 6.45) is 0.572. The lowest BCUT2D eigenvalue weighted by molar-refractivity contribution is -0.119. The normalized spacial score (nSPS) is 14.5. The number of carbonyl (C=O) groups excluding carboxylic acids is 3. The van der Waals surface area contributed by atoms with Gasteiger partial charge in [-0.3, -0.25) is 4.79 Å². The van der Waals surface area contributed by atoms with E-state index < -0.39 is 37.5 Å². The molecule has 0 saturated heterocycles. The number of benzene rings is 2. The summed E-state index contributed by atoms with van der Waals surface area (Å²) >= 11 is 0. The van der Waals surface area contributed by atoms with Crippen LogP contribution in [0.25, 0.3) is 0 Å². The SMILES string of the molecule is N#CCCC(=O)C[C@H]1Cc2cccc(C(=O)OCOC(=O)c3ccc(F)cc3)c2OB1O. The number of fused-ring (bicyclic) bond motifs is 1. The molecule has 2 aromatic carbocycles. The minimum absolute atomic E-state index is 0.0358. The number of carbonyl (C=O) groups is 3. The van der Waals surface area contributed by atoms with Gasteiger partial charge in [0.1, 0.15) is 22.9 Å². The number of hydrogen-bond donors (Lipinski definition) is 1. The first-order chi connectivity index (χ1) is 15.4. The fourth-order valence-corrected chi connectivity index (χ4v) is 3.29. The van der Waals surface area contributed by atoms with Gasteiger partial charge in [-0.15, -0.1) is 0 Å². The Morgan fingerprint density at radius 1 is 1.16 bits per heavy atom.